The fourth-order valence-electron chi connectivity index (χ4n) is 1.32. The maximum atomic E-state index is 13.3. The number of ketones is 1. The number of carbonyl (C=O) groups excluding carboxylic acids is 1. The molecule has 0 aliphatic heterocycles. The van der Waals surface area contributed by atoms with Crippen molar-refractivity contribution in [2.75, 3.05) is 6.61 Å². The molecular formula is C11H12F2O2. The maximum Gasteiger partial charge on any atom is 0.168 e. The average Bonchev–Trinajstić information content (AvgIpc) is 2.10. The number of halogens is 2. The van der Waals surface area contributed by atoms with Crippen molar-refractivity contribution in [3.63, 3.8) is 0 Å². The van der Waals surface area contributed by atoms with Gasteiger partial charge in [0.25, 0.3) is 0 Å². The van der Waals surface area contributed by atoms with E-state index in [9.17, 15) is 13.6 Å². The molecule has 0 atom stereocenters. The lowest BCUT2D eigenvalue weighted by Crippen LogP contribution is -2.04. The molecule has 0 saturated heterocycles. The second-order valence-corrected chi connectivity index (χ2v) is 3.19. The van der Waals surface area contributed by atoms with Gasteiger partial charge in [-0.05, 0) is 19.9 Å². The first kappa shape index (κ1) is 11.6. The van der Waals surface area contributed by atoms with Crippen molar-refractivity contribution in [3.05, 3.63) is 29.3 Å². The summed E-state index contributed by atoms with van der Waals surface area (Å²) in [6.45, 7) is 3.33. The summed E-state index contributed by atoms with van der Waals surface area (Å²) >= 11 is 0. The molecule has 1 rings (SSSR count). The molecule has 4 heteroatoms. The van der Waals surface area contributed by atoms with Gasteiger partial charge in [-0.15, -0.1) is 0 Å². The van der Waals surface area contributed by atoms with Gasteiger partial charge in [0.15, 0.2) is 11.6 Å². The van der Waals surface area contributed by atoms with Gasteiger partial charge < -0.3 is 4.74 Å². The van der Waals surface area contributed by atoms with Gasteiger partial charge in [0.1, 0.15) is 11.6 Å². The minimum Gasteiger partial charge on any atom is -0.490 e. The van der Waals surface area contributed by atoms with Gasteiger partial charge in [-0.25, -0.2) is 8.78 Å². The molecule has 0 N–H and O–H groups in total. The molecule has 0 unspecified atom stereocenters. The number of benzene rings is 1. The van der Waals surface area contributed by atoms with Crippen molar-refractivity contribution >= 4 is 5.78 Å². The number of hydrogen-bond acceptors (Lipinski definition) is 2. The monoisotopic (exact) mass is 214 g/mol. The molecule has 0 heterocycles. The molecule has 2 nitrogen and oxygen atoms in total. The van der Waals surface area contributed by atoms with Crippen molar-refractivity contribution in [2.45, 2.75) is 20.3 Å². The Labute approximate surface area is 86.9 Å². The summed E-state index contributed by atoms with van der Waals surface area (Å²) < 4.78 is 31.2. The van der Waals surface area contributed by atoms with Crippen molar-refractivity contribution in [2.24, 2.45) is 0 Å². The number of rotatable bonds is 4. The summed E-state index contributed by atoms with van der Waals surface area (Å²) in [5.74, 6) is -1.67. The smallest absolute Gasteiger partial charge is 0.168 e. The third kappa shape index (κ3) is 3.01. The van der Waals surface area contributed by atoms with Crippen molar-refractivity contribution in [1.29, 1.82) is 0 Å². The minimum absolute atomic E-state index is 0.0238. The van der Waals surface area contributed by atoms with Crippen LogP contribution in [0.25, 0.3) is 0 Å². The van der Waals surface area contributed by atoms with E-state index < -0.39 is 11.6 Å². The van der Waals surface area contributed by atoms with Crippen LogP contribution in [0.5, 0.6) is 5.75 Å². The predicted octanol–water partition coefficient (Wildman–Crippen LogP) is 2.50. The topological polar surface area (TPSA) is 26.3 Å². The molecule has 0 spiro atoms. The molecule has 0 radical (unpaired) electrons. The second-order valence-electron chi connectivity index (χ2n) is 3.19. The van der Waals surface area contributed by atoms with E-state index in [2.05, 4.69) is 0 Å². The van der Waals surface area contributed by atoms with Gasteiger partial charge in [0, 0.05) is 18.1 Å². The minimum atomic E-state index is -0.770. The highest BCUT2D eigenvalue weighted by atomic mass is 19.1. The molecule has 0 saturated carbocycles. The summed E-state index contributed by atoms with van der Waals surface area (Å²) in [4.78, 5) is 10.9. The molecule has 0 fully saturated rings. The molecule has 0 aromatic heterocycles. The number of carbonyl (C=O) groups is 1. The van der Waals surface area contributed by atoms with Gasteiger partial charge in [0.05, 0.1) is 6.61 Å². The highest BCUT2D eigenvalue weighted by Crippen LogP contribution is 2.25. The van der Waals surface area contributed by atoms with E-state index in [1.165, 1.54) is 6.92 Å². The Bertz CT molecular complexity index is 375. The normalized spacial score (nSPS) is 10.1. The SMILES string of the molecule is CCOc1c(F)cc(F)cc1CC(C)=O. The molecule has 1 aromatic carbocycles. The van der Waals surface area contributed by atoms with Gasteiger partial charge in [-0.3, -0.25) is 4.79 Å². The maximum absolute atomic E-state index is 13.3. The van der Waals surface area contributed by atoms with Crippen LogP contribution in [0.1, 0.15) is 19.4 Å². The fourth-order valence-corrected chi connectivity index (χ4v) is 1.32. The first-order chi connectivity index (χ1) is 7.04. The van der Waals surface area contributed by atoms with Crippen molar-refractivity contribution in [3.8, 4) is 5.75 Å². The van der Waals surface area contributed by atoms with Crippen LogP contribution in [-0.4, -0.2) is 12.4 Å². The molecule has 1 aromatic rings. The zero-order valence-corrected chi connectivity index (χ0v) is 8.64. The first-order valence-electron chi connectivity index (χ1n) is 4.64. The van der Waals surface area contributed by atoms with E-state index in [-0.39, 0.29) is 30.1 Å². The Morgan fingerprint density at radius 2 is 2.07 bits per heavy atom. The van der Waals surface area contributed by atoms with E-state index in [0.29, 0.717) is 0 Å². The Morgan fingerprint density at radius 3 is 2.60 bits per heavy atom. The fraction of sp³-hybridized carbons (Fsp3) is 0.364. The molecule has 0 bridgehead atoms. The third-order valence-electron chi connectivity index (χ3n) is 1.81. The average molecular weight is 214 g/mol. The summed E-state index contributed by atoms with van der Waals surface area (Å²) in [5.41, 5.74) is 0.252. The van der Waals surface area contributed by atoms with Crippen LogP contribution in [0.2, 0.25) is 0 Å². The molecule has 0 amide bonds. The van der Waals surface area contributed by atoms with Gasteiger partial charge >= 0.3 is 0 Å². The number of hydrogen-bond donors (Lipinski definition) is 0. The van der Waals surface area contributed by atoms with Crippen molar-refractivity contribution in [1.82, 2.24) is 0 Å². The van der Waals surface area contributed by atoms with E-state index >= 15 is 0 Å². The van der Waals surface area contributed by atoms with Gasteiger partial charge in [0.2, 0.25) is 0 Å². The van der Waals surface area contributed by atoms with Gasteiger partial charge in [-0.2, -0.15) is 0 Å². The molecule has 0 aliphatic carbocycles. The Hall–Kier alpha value is -1.45. The molecular weight excluding hydrogens is 202 g/mol. The van der Waals surface area contributed by atoms with Crippen LogP contribution in [0, 0.1) is 11.6 Å². The van der Waals surface area contributed by atoms with E-state index in [0.717, 1.165) is 12.1 Å². The largest absolute Gasteiger partial charge is 0.490 e. The van der Waals surface area contributed by atoms with E-state index in [4.69, 9.17) is 4.74 Å². The molecule has 82 valence electrons. The lowest BCUT2D eigenvalue weighted by molar-refractivity contribution is -0.116. The Kier molecular flexibility index (Phi) is 3.77. The highest BCUT2D eigenvalue weighted by Gasteiger charge is 2.13. The van der Waals surface area contributed by atoms with Crippen LogP contribution >= 0.6 is 0 Å². The Balaban J connectivity index is 3.13. The second kappa shape index (κ2) is 4.87. The number of ether oxygens (including phenoxy) is 1. The summed E-state index contributed by atoms with van der Waals surface area (Å²) in [5, 5.41) is 0. The van der Waals surface area contributed by atoms with E-state index in [1.54, 1.807) is 6.92 Å². The lowest BCUT2D eigenvalue weighted by atomic mass is 10.1. The van der Waals surface area contributed by atoms with Crippen LogP contribution in [-0.2, 0) is 11.2 Å². The van der Waals surface area contributed by atoms with Crippen LogP contribution in [0.4, 0.5) is 8.78 Å². The van der Waals surface area contributed by atoms with Crippen LogP contribution in [0.15, 0.2) is 12.1 Å². The first-order valence-corrected chi connectivity index (χ1v) is 4.64. The Morgan fingerprint density at radius 1 is 1.40 bits per heavy atom. The summed E-state index contributed by atoms with van der Waals surface area (Å²) in [6, 6.07) is 1.87. The van der Waals surface area contributed by atoms with Crippen LogP contribution < -0.4 is 4.74 Å². The number of Topliss-reactive ketones (excluding diaryl/α,β-unsaturated/α-hetero) is 1. The quantitative estimate of drug-likeness (QED) is 0.769. The lowest BCUT2D eigenvalue weighted by Gasteiger charge is -2.10. The van der Waals surface area contributed by atoms with E-state index in [1.807, 2.05) is 0 Å². The third-order valence-corrected chi connectivity index (χ3v) is 1.81. The highest BCUT2D eigenvalue weighted by molar-refractivity contribution is 5.79. The van der Waals surface area contributed by atoms with Gasteiger partial charge in [-0.1, -0.05) is 0 Å². The molecule has 15 heavy (non-hydrogen) atoms. The summed E-state index contributed by atoms with van der Waals surface area (Å²) in [6.07, 6.45) is -0.0238. The van der Waals surface area contributed by atoms with Crippen molar-refractivity contribution < 1.29 is 18.3 Å². The predicted molar refractivity (Wildman–Crippen MR) is 51.9 cm³/mol. The summed E-state index contributed by atoms with van der Waals surface area (Å²) in [7, 11) is 0. The zero-order valence-electron chi connectivity index (χ0n) is 8.64. The van der Waals surface area contributed by atoms with Crippen LogP contribution in [0.3, 0.4) is 0 Å². The zero-order chi connectivity index (χ0) is 11.4. The standard InChI is InChI=1S/C11H12F2O2/c1-3-15-11-8(4-7(2)14)5-9(12)6-10(11)13/h5-6H,3-4H2,1-2H3. The molecule has 0 aliphatic rings.